The lowest BCUT2D eigenvalue weighted by Crippen LogP contribution is -2.45. The highest BCUT2D eigenvalue weighted by Crippen LogP contribution is 2.25. The lowest BCUT2D eigenvalue weighted by atomic mass is 9.96. The van der Waals surface area contributed by atoms with E-state index in [0.29, 0.717) is 49.3 Å². The smallest absolute Gasteiger partial charge is 0.251 e. The number of hydrogen-bond donors (Lipinski definition) is 2. The normalized spacial score (nSPS) is 18.1. The van der Waals surface area contributed by atoms with Crippen LogP contribution in [0.3, 0.4) is 0 Å². The molecule has 2 aromatic carbocycles. The van der Waals surface area contributed by atoms with Crippen LogP contribution in [-0.2, 0) is 9.59 Å². The number of likely N-dealkylation sites (tertiary alicyclic amines) is 2. The molecule has 2 fully saturated rings. The molecule has 0 radical (unpaired) electrons. The fraction of sp³-hybridized carbons (Fsp3) is 0.394. The molecule has 2 aliphatic rings. The van der Waals surface area contributed by atoms with Gasteiger partial charge in [-0.2, -0.15) is 5.26 Å². The Morgan fingerprint density at radius 1 is 1.02 bits per heavy atom. The zero-order valence-corrected chi connectivity index (χ0v) is 25.0. The van der Waals surface area contributed by atoms with Crippen molar-refractivity contribution in [2.24, 2.45) is 10.9 Å². The maximum absolute atomic E-state index is 13.7. The van der Waals surface area contributed by atoms with Crippen molar-refractivity contribution >= 4 is 46.0 Å². The highest BCUT2D eigenvalue weighted by Gasteiger charge is 2.33. The third kappa shape index (κ3) is 6.80. The summed E-state index contributed by atoms with van der Waals surface area (Å²) in [6, 6.07) is 14.5. The molecule has 0 bridgehead atoms. The average molecular weight is 597 g/mol. The van der Waals surface area contributed by atoms with Crippen molar-refractivity contribution in [3.05, 3.63) is 65.4 Å². The molecule has 11 heteroatoms. The third-order valence-corrected chi connectivity index (χ3v) is 8.07. The Labute approximate surface area is 255 Å². The number of rotatable bonds is 8. The van der Waals surface area contributed by atoms with Crippen molar-refractivity contribution < 1.29 is 23.6 Å². The molecule has 3 heterocycles. The number of fused-ring (bicyclic) bond motifs is 1. The van der Waals surface area contributed by atoms with Gasteiger partial charge in [0.15, 0.2) is 11.7 Å². The molecule has 3 amide bonds. The number of nitrogens with one attached hydrogen (secondary N) is 2. The number of hydrogen-bond acceptors (Lipinski definition) is 7. The molecule has 228 valence electrons. The number of aryl methyl sites for hydroxylation is 1. The van der Waals surface area contributed by atoms with Gasteiger partial charge in [-0.15, -0.1) is 0 Å². The lowest BCUT2D eigenvalue weighted by Gasteiger charge is -2.25. The Hall–Kier alpha value is -4.98. The summed E-state index contributed by atoms with van der Waals surface area (Å²) in [6.07, 6.45) is 3.77. The van der Waals surface area contributed by atoms with E-state index in [4.69, 9.17) is 9.41 Å². The Balaban J connectivity index is 1.47. The zero-order valence-electron chi connectivity index (χ0n) is 25.0. The molecule has 5 rings (SSSR count). The first-order valence-corrected chi connectivity index (χ1v) is 14.9. The number of amides is 3. The van der Waals surface area contributed by atoms with Crippen molar-refractivity contribution in [1.29, 1.82) is 5.26 Å². The van der Waals surface area contributed by atoms with Crippen LogP contribution in [0, 0.1) is 24.2 Å². The average Bonchev–Trinajstić information content (AvgIpc) is 3.67. The van der Waals surface area contributed by atoms with E-state index in [9.17, 15) is 24.4 Å². The predicted octanol–water partition coefficient (Wildman–Crippen LogP) is 3.94. The first-order valence-electron chi connectivity index (χ1n) is 14.9. The first kappa shape index (κ1) is 30.5. The number of amidine groups is 1. The number of nitrogens with zero attached hydrogens (tertiary/aromatic N) is 4. The van der Waals surface area contributed by atoms with Crippen LogP contribution in [0.15, 0.2) is 57.9 Å². The Morgan fingerprint density at radius 3 is 2.43 bits per heavy atom. The van der Waals surface area contributed by atoms with E-state index in [1.807, 2.05) is 19.1 Å². The minimum atomic E-state index is -1.36. The molecule has 2 saturated heterocycles. The Kier molecular flexibility index (Phi) is 9.38. The minimum Gasteiger partial charge on any atom is -0.461 e. The molecule has 2 aliphatic heterocycles. The van der Waals surface area contributed by atoms with E-state index in [0.717, 1.165) is 30.4 Å². The van der Waals surface area contributed by atoms with E-state index < -0.39 is 17.7 Å². The van der Waals surface area contributed by atoms with Gasteiger partial charge in [-0.25, -0.2) is 0 Å². The van der Waals surface area contributed by atoms with Gasteiger partial charge in [-0.05, 0) is 75.4 Å². The van der Waals surface area contributed by atoms with E-state index >= 15 is 0 Å². The van der Waals surface area contributed by atoms with Gasteiger partial charge < -0.3 is 24.9 Å². The summed E-state index contributed by atoms with van der Waals surface area (Å²) in [5, 5.41) is 16.8. The summed E-state index contributed by atoms with van der Waals surface area (Å²) in [5.74, 6) is -1.78. The largest absolute Gasteiger partial charge is 0.461 e. The molecule has 1 aromatic heterocycles. The van der Waals surface area contributed by atoms with Crippen molar-refractivity contribution in [3.8, 4) is 6.07 Å². The molecule has 0 saturated carbocycles. The lowest BCUT2D eigenvalue weighted by molar-refractivity contribution is -0.140. The number of benzene rings is 2. The zero-order chi connectivity index (χ0) is 31.2. The number of carbonyl (C=O) groups excluding carboxylic acids is 4. The number of nitriles is 1. The highest BCUT2D eigenvalue weighted by atomic mass is 16.3. The Bertz CT molecular complexity index is 1630. The SMILES string of the molecule is CNC(=O)c1ccc(C(=O)C(C#N)C(=N[C@H]2CCCCN(CC(=O)N3CCCC3)C2=O)Nc2ccc3oc(C)cc3c2)cc1. The van der Waals surface area contributed by atoms with Gasteiger partial charge in [-0.3, -0.25) is 24.2 Å². The number of ketones is 1. The van der Waals surface area contributed by atoms with Gasteiger partial charge in [0.1, 0.15) is 23.2 Å². The van der Waals surface area contributed by atoms with Crippen LogP contribution in [-0.4, -0.2) is 78.4 Å². The van der Waals surface area contributed by atoms with Crippen molar-refractivity contribution in [2.75, 3.05) is 38.5 Å². The molecule has 11 nitrogen and oxygen atoms in total. The van der Waals surface area contributed by atoms with Gasteiger partial charge in [0, 0.05) is 48.9 Å². The summed E-state index contributed by atoms with van der Waals surface area (Å²) < 4.78 is 5.68. The molecule has 0 spiro atoms. The second-order valence-corrected chi connectivity index (χ2v) is 11.2. The predicted molar refractivity (Wildman–Crippen MR) is 165 cm³/mol. The van der Waals surface area contributed by atoms with Gasteiger partial charge in [0.05, 0.1) is 12.6 Å². The molecule has 2 N–H and O–H groups in total. The van der Waals surface area contributed by atoms with Crippen LogP contribution in [0.2, 0.25) is 0 Å². The minimum absolute atomic E-state index is 0.0115. The molecule has 0 aliphatic carbocycles. The Morgan fingerprint density at radius 2 is 1.73 bits per heavy atom. The number of anilines is 1. The van der Waals surface area contributed by atoms with Gasteiger partial charge >= 0.3 is 0 Å². The summed E-state index contributed by atoms with van der Waals surface area (Å²) in [6.45, 7) is 3.68. The number of Topliss-reactive ketones (excluding diaryl/α,β-unsaturated/α-hetero) is 1. The molecule has 1 unspecified atom stereocenters. The third-order valence-electron chi connectivity index (χ3n) is 8.07. The number of furan rings is 1. The van der Waals surface area contributed by atoms with Crippen LogP contribution in [0.5, 0.6) is 0 Å². The second kappa shape index (κ2) is 13.5. The van der Waals surface area contributed by atoms with Gasteiger partial charge in [-0.1, -0.05) is 12.1 Å². The standard InChI is InChI=1S/C33H36N6O5/c1-21-17-24-18-25(12-13-28(24)44-21)36-31(26(19-34)30(41)22-8-10-23(11-9-22)32(42)35-2)37-27-7-3-4-16-39(33(27)43)20-29(40)38-14-5-6-15-38/h8-13,17-18,26-27H,3-7,14-16,20H2,1-2H3,(H,35,42)(H,36,37)/t26?,27-/m0/s1. The van der Waals surface area contributed by atoms with Crippen LogP contribution in [0.4, 0.5) is 5.69 Å². The van der Waals surface area contributed by atoms with Gasteiger partial charge in [0.25, 0.3) is 5.91 Å². The highest BCUT2D eigenvalue weighted by molar-refractivity contribution is 6.18. The van der Waals surface area contributed by atoms with Crippen LogP contribution < -0.4 is 10.6 Å². The maximum atomic E-state index is 13.7. The summed E-state index contributed by atoms with van der Waals surface area (Å²) in [7, 11) is 1.52. The van der Waals surface area contributed by atoms with Crippen LogP contribution in [0.25, 0.3) is 11.0 Å². The fourth-order valence-electron chi connectivity index (χ4n) is 5.68. The maximum Gasteiger partial charge on any atom is 0.251 e. The fourth-order valence-corrected chi connectivity index (χ4v) is 5.68. The van der Waals surface area contributed by atoms with Crippen LogP contribution in [0.1, 0.15) is 58.6 Å². The van der Waals surface area contributed by atoms with E-state index in [2.05, 4.69) is 16.7 Å². The van der Waals surface area contributed by atoms with Crippen LogP contribution >= 0.6 is 0 Å². The number of aliphatic imine (C=N–C) groups is 1. The number of carbonyl (C=O) groups is 4. The summed E-state index contributed by atoms with van der Waals surface area (Å²) in [5.41, 5.74) is 1.86. The van der Waals surface area contributed by atoms with Crippen molar-refractivity contribution in [3.63, 3.8) is 0 Å². The molecular weight excluding hydrogens is 560 g/mol. The van der Waals surface area contributed by atoms with E-state index in [-0.39, 0.29) is 35.7 Å². The quantitative estimate of drug-likeness (QED) is 0.227. The monoisotopic (exact) mass is 596 g/mol. The first-order chi connectivity index (χ1) is 21.3. The summed E-state index contributed by atoms with van der Waals surface area (Å²) >= 11 is 0. The molecule has 44 heavy (non-hydrogen) atoms. The van der Waals surface area contributed by atoms with Crippen molar-refractivity contribution in [2.45, 2.75) is 45.1 Å². The van der Waals surface area contributed by atoms with E-state index in [1.54, 1.807) is 21.9 Å². The topological polar surface area (TPSA) is 148 Å². The second-order valence-electron chi connectivity index (χ2n) is 11.2. The van der Waals surface area contributed by atoms with E-state index in [1.165, 1.54) is 31.3 Å². The molecule has 3 aromatic rings. The molecular formula is C33H36N6O5. The molecule has 2 atom stereocenters. The van der Waals surface area contributed by atoms with Crippen molar-refractivity contribution in [1.82, 2.24) is 15.1 Å². The van der Waals surface area contributed by atoms with Gasteiger partial charge in [0.2, 0.25) is 11.8 Å². The summed E-state index contributed by atoms with van der Waals surface area (Å²) in [4.78, 5) is 60.4.